The summed E-state index contributed by atoms with van der Waals surface area (Å²) in [6.07, 6.45) is 0.0193. The van der Waals surface area contributed by atoms with Gasteiger partial charge in [0.1, 0.15) is 6.61 Å². The minimum atomic E-state index is -0.840. The van der Waals surface area contributed by atoms with Crippen molar-refractivity contribution in [3.05, 3.63) is 59.7 Å². The summed E-state index contributed by atoms with van der Waals surface area (Å²) in [5.74, 6) is 0.370. The van der Waals surface area contributed by atoms with Gasteiger partial charge in [0.05, 0.1) is 13.5 Å². The second kappa shape index (κ2) is 7.18. The Labute approximate surface area is 136 Å². The highest BCUT2D eigenvalue weighted by molar-refractivity contribution is 5.69. The van der Waals surface area contributed by atoms with Gasteiger partial charge in [-0.3, -0.25) is 4.79 Å². The number of carbonyl (C=O) groups is 1. The van der Waals surface area contributed by atoms with E-state index in [1.165, 1.54) is 0 Å². The molecule has 0 aliphatic rings. The van der Waals surface area contributed by atoms with Crippen molar-refractivity contribution in [3.63, 3.8) is 0 Å². The van der Waals surface area contributed by atoms with Crippen LogP contribution in [0.5, 0.6) is 11.5 Å². The first-order chi connectivity index (χ1) is 10.9. The lowest BCUT2D eigenvalue weighted by Gasteiger charge is -2.26. The monoisotopic (exact) mass is 314 g/mol. The van der Waals surface area contributed by atoms with E-state index in [1.807, 2.05) is 62.4 Å². The molecule has 0 atom stereocenters. The molecule has 0 amide bonds. The lowest BCUT2D eigenvalue weighted by molar-refractivity contribution is -0.138. The quantitative estimate of drug-likeness (QED) is 0.838. The van der Waals surface area contributed by atoms with Gasteiger partial charge in [-0.25, -0.2) is 0 Å². The normalized spacial score (nSPS) is 11.1. The Bertz CT molecular complexity index is 662. The number of aliphatic carboxylic acids is 1. The topological polar surface area (TPSA) is 55.8 Å². The molecule has 0 spiro atoms. The SMILES string of the molecule is COc1c(OCc2ccccc2)cccc1C(C)(C)CC(=O)O. The van der Waals surface area contributed by atoms with Crippen LogP contribution in [0.15, 0.2) is 48.5 Å². The van der Waals surface area contributed by atoms with Gasteiger partial charge in [-0.2, -0.15) is 0 Å². The van der Waals surface area contributed by atoms with Crippen LogP contribution in [0.1, 0.15) is 31.4 Å². The number of methoxy groups -OCH3 is 1. The van der Waals surface area contributed by atoms with Crippen molar-refractivity contribution in [2.75, 3.05) is 7.11 Å². The molecule has 0 fully saturated rings. The second-order valence-corrected chi connectivity index (χ2v) is 6.07. The molecule has 0 aliphatic carbocycles. The minimum Gasteiger partial charge on any atom is -0.493 e. The van der Waals surface area contributed by atoms with Crippen LogP contribution in [-0.2, 0) is 16.8 Å². The predicted octanol–water partition coefficient (Wildman–Crippen LogP) is 4.03. The van der Waals surface area contributed by atoms with E-state index in [2.05, 4.69) is 0 Å². The zero-order chi connectivity index (χ0) is 16.9. The van der Waals surface area contributed by atoms with Crippen LogP contribution in [0.4, 0.5) is 0 Å². The van der Waals surface area contributed by atoms with Gasteiger partial charge >= 0.3 is 5.97 Å². The summed E-state index contributed by atoms with van der Waals surface area (Å²) in [6.45, 7) is 4.21. The van der Waals surface area contributed by atoms with Crippen LogP contribution in [0.25, 0.3) is 0 Å². The number of hydrogen-bond acceptors (Lipinski definition) is 3. The molecule has 122 valence electrons. The van der Waals surface area contributed by atoms with E-state index in [0.717, 1.165) is 11.1 Å². The first kappa shape index (κ1) is 16.9. The Hall–Kier alpha value is -2.49. The maximum Gasteiger partial charge on any atom is 0.304 e. The minimum absolute atomic E-state index is 0.0193. The maximum atomic E-state index is 11.1. The van der Waals surface area contributed by atoms with E-state index < -0.39 is 11.4 Å². The van der Waals surface area contributed by atoms with Crippen LogP contribution in [-0.4, -0.2) is 18.2 Å². The molecular formula is C19H22O4. The van der Waals surface area contributed by atoms with Gasteiger partial charge in [0, 0.05) is 11.0 Å². The van der Waals surface area contributed by atoms with E-state index in [0.29, 0.717) is 18.1 Å². The van der Waals surface area contributed by atoms with Gasteiger partial charge in [0.25, 0.3) is 0 Å². The number of para-hydroxylation sites is 1. The van der Waals surface area contributed by atoms with Crippen LogP contribution in [0.2, 0.25) is 0 Å². The first-order valence-electron chi connectivity index (χ1n) is 7.50. The maximum absolute atomic E-state index is 11.1. The van der Waals surface area contributed by atoms with Crippen molar-refractivity contribution in [1.82, 2.24) is 0 Å². The van der Waals surface area contributed by atoms with Crippen LogP contribution >= 0.6 is 0 Å². The average Bonchev–Trinajstić information content (AvgIpc) is 2.52. The third-order valence-corrected chi connectivity index (χ3v) is 3.74. The third-order valence-electron chi connectivity index (χ3n) is 3.74. The Morgan fingerprint density at radius 2 is 1.78 bits per heavy atom. The predicted molar refractivity (Wildman–Crippen MR) is 89.0 cm³/mol. The Morgan fingerprint density at radius 3 is 2.39 bits per heavy atom. The van der Waals surface area contributed by atoms with E-state index in [9.17, 15) is 4.79 Å². The lowest BCUT2D eigenvalue weighted by atomic mass is 9.81. The molecule has 2 aromatic rings. The highest BCUT2D eigenvalue weighted by atomic mass is 16.5. The Kier molecular flexibility index (Phi) is 5.27. The molecular weight excluding hydrogens is 292 g/mol. The molecule has 0 aromatic heterocycles. The standard InChI is InChI=1S/C19H22O4/c1-19(2,12-17(20)21)15-10-7-11-16(18(15)22-3)23-13-14-8-5-4-6-9-14/h4-11H,12-13H2,1-3H3,(H,20,21). The van der Waals surface area contributed by atoms with Crippen molar-refractivity contribution in [3.8, 4) is 11.5 Å². The number of ether oxygens (including phenoxy) is 2. The number of carboxylic acids is 1. The molecule has 2 aromatic carbocycles. The fraction of sp³-hybridized carbons (Fsp3) is 0.316. The number of hydrogen-bond donors (Lipinski definition) is 1. The second-order valence-electron chi connectivity index (χ2n) is 6.07. The third kappa shape index (κ3) is 4.25. The van der Waals surface area contributed by atoms with Crippen LogP contribution < -0.4 is 9.47 Å². The molecule has 0 saturated carbocycles. The molecule has 2 rings (SSSR count). The summed E-state index contributed by atoms with van der Waals surface area (Å²) in [5.41, 5.74) is 1.33. The molecule has 0 heterocycles. The molecule has 23 heavy (non-hydrogen) atoms. The highest BCUT2D eigenvalue weighted by Gasteiger charge is 2.29. The zero-order valence-electron chi connectivity index (χ0n) is 13.7. The van der Waals surface area contributed by atoms with E-state index >= 15 is 0 Å². The van der Waals surface area contributed by atoms with E-state index in [-0.39, 0.29) is 6.42 Å². The summed E-state index contributed by atoms with van der Waals surface area (Å²) in [6, 6.07) is 15.4. The van der Waals surface area contributed by atoms with Gasteiger partial charge in [0.15, 0.2) is 11.5 Å². The van der Waals surface area contributed by atoms with E-state index in [4.69, 9.17) is 14.6 Å². The summed E-state index contributed by atoms with van der Waals surface area (Å²) >= 11 is 0. The Balaban J connectivity index is 2.27. The lowest BCUT2D eigenvalue weighted by Crippen LogP contribution is -2.22. The molecule has 0 radical (unpaired) electrons. The molecule has 1 N–H and O–H groups in total. The van der Waals surface area contributed by atoms with E-state index in [1.54, 1.807) is 7.11 Å². The van der Waals surface area contributed by atoms with Crippen LogP contribution in [0, 0.1) is 0 Å². The molecule has 0 aliphatic heterocycles. The highest BCUT2D eigenvalue weighted by Crippen LogP contribution is 2.40. The Morgan fingerprint density at radius 1 is 1.09 bits per heavy atom. The smallest absolute Gasteiger partial charge is 0.304 e. The number of rotatable bonds is 7. The van der Waals surface area contributed by atoms with Gasteiger partial charge < -0.3 is 14.6 Å². The number of benzene rings is 2. The number of carboxylic acid groups (broad SMARTS) is 1. The molecule has 4 nitrogen and oxygen atoms in total. The van der Waals surface area contributed by atoms with Gasteiger partial charge in [-0.05, 0) is 11.6 Å². The largest absolute Gasteiger partial charge is 0.493 e. The fourth-order valence-electron chi connectivity index (χ4n) is 2.58. The summed E-state index contributed by atoms with van der Waals surface area (Å²) in [7, 11) is 1.57. The molecule has 0 saturated heterocycles. The van der Waals surface area contributed by atoms with Gasteiger partial charge in [0.2, 0.25) is 0 Å². The zero-order valence-corrected chi connectivity index (χ0v) is 13.7. The van der Waals surface area contributed by atoms with Crippen molar-refractivity contribution < 1.29 is 19.4 Å². The summed E-state index contributed by atoms with van der Waals surface area (Å²) in [5, 5.41) is 9.12. The van der Waals surface area contributed by atoms with Gasteiger partial charge in [-0.1, -0.05) is 56.3 Å². The fourth-order valence-corrected chi connectivity index (χ4v) is 2.58. The summed E-state index contributed by atoms with van der Waals surface area (Å²) < 4.78 is 11.4. The molecule has 4 heteroatoms. The summed E-state index contributed by atoms with van der Waals surface area (Å²) in [4.78, 5) is 11.1. The average molecular weight is 314 g/mol. The van der Waals surface area contributed by atoms with Crippen molar-refractivity contribution >= 4 is 5.97 Å². The van der Waals surface area contributed by atoms with Crippen molar-refractivity contribution in [1.29, 1.82) is 0 Å². The molecule has 0 bridgehead atoms. The first-order valence-corrected chi connectivity index (χ1v) is 7.50. The van der Waals surface area contributed by atoms with Crippen LogP contribution in [0.3, 0.4) is 0 Å². The van der Waals surface area contributed by atoms with Crippen molar-refractivity contribution in [2.24, 2.45) is 0 Å². The van der Waals surface area contributed by atoms with Crippen molar-refractivity contribution in [2.45, 2.75) is 32.3 Å². The molecule has 0 unspecified atom stereocenters. The van der Waals surface area contributed by atoms with Gasteiger partial charge in [-0.15, -0.1) is 0 Å².